The van der Waals surface area contributed by atoms with E-state index >= 15 is 0 Å². The Morgan fingerprint density at radius 1 is 1.19 bits per heavy atom. The molecule has 1 saturated heterocycles. The number of nitro benzene ring substituents is 2. The minimum atomic E-state index is -0.556. The molecule has 1 fully saturated rings. The molecule has 0 N–H and O–H groups in total. The van der Waals surface area contributed by atoms with Crippen LogP contribution in [0.4, 0.5) is 11.4 Å². The fraction of sp³-hybridized carbons (Fsp3) is 0.235. The normalized spacial score (nSPS) is 16.2. The summed E-state index contributed by atoms with van der Waals surface area (Å²) in [4.78, 5) is 35.6. The first-order valence-corrected chi connectivity index (χ1v) is 8.96. The van der Waals surface area contributed by atoms with Gasteiger partial charge in [-0.3, -0.25) is 25.0 Å². The van der Waals surface area contributed by atoms with E-state index in [1.807, 2.05) is 0 Å². The van der Waals surface area contributed by atoms with Crippen molar-refractivity contribution in [3.05, 3.63) is 73.8 Å². The number of hydrogen-bond acceptors (Lipinski definition) is 7. The van der Waals surface area contributed by atoms with Crippen LogP contribution in [0.1, 0.15) is 21.3 Å². The van der Waals surface area contributed by atoms with Crippen molar-refractivity contribution in [2.24, 2.45) is 0 Å². The van der Waals surface area contributed by atoms with Gasteiger partial charge in [-0.1, -0.05) is 12.1 Å². The van der Waals surface area contributed by atoms with Gasteiger partial charge in [-0.25, -0.2) is 0 Å². The Balaban J connectivity index is 1.93. The predicted molar refractivity (Wildman–Crippen MR) is 99.0 cm³/mol. The van der Waals surface area contributed by atoms with E-state index in [0.717, 1.165) is 0 Å². The molecule has 1 amide bonds. The number of nitro groups is 2. The summed E-state index contributed by atoms with van der Waals surface area (Å²) in [6.07, 6.45) is 0. The summed E-state index contributed by atoms with van der Waals surface area (Å²) in [6.45, 7) is 0.441. The van der Waals surface area contributed by atoms with E-state index in [-0.39, 0.29) is 28.6 Å². The number of thioether (sulfide) groups is 1. The molecule has 2 aromatic carbocycles. The minimum absolute atomic E-state index is 0.142. The van der Waals surface area contributed by atoms with Crippen molar-refractivity contribution in [1.82, 2.24) is 4.90 Å². The van der Waals surface area contributed by atoms with Crippen molar-refractivity contribution >= 4 is 29.0 Å². The SMILES string of the molecule is COc1ccc(C2SCCN2C(=O)c2cccc([N+](=O)[O-])c2)cc1[N+](=O)[O-]. The zero-order chi connectivity index (χ0) is 19.6. The van der Waals surface area contributed by atoms with E-state index in [1.54, 1.807) is 11.0 Å². The lowest BCUT2D eigenvalue weighted by Gasteiger charge is -2.24. The second kappa shape index (κ2) is 7.62. The van der Waals surface area contributed by atoms with E-state index in [4.69, 9.17) is 4.74 Å². The van der Waals surface area contributed by atoms with Crippen LogP contribution < -0.4 is 4.74 Å². The smallest absolute Gasteiger partial charge is 0.311 e. The van der Waals surface area contributed by atoms with Crippen LogP contribution in [0.25, 0.3) is 0 Å². The van der Waals surface area contributed by atoms with Gasteiger partial charge in [0.25, 0.3) is 11.6 Å². The lowest BCUT2D eigenvalue weighted by molar-refractivity contribution is -0.385. The highest BCUT2D eigenvalue weighted by molar-refractivity contribution is 7.99. The van der Waals surface area contributed by atoms with Gasteiger partial charge >= 0.3 is 5.69 Å². The zero-order valence-electron chi connectivity index (χ0n) is 14.2. The monoisotopic (exact) mass is 389 g/mol. The lowest BCUT2D eigenvalue weighted by atomic mass is 10.1. The number of nitrogens with zero attached hydrogens (tertiary/aromatic N) is 3. The third-order valence-corrected chi connectivity index (χ3v) is 5.40. The molecule has 0 radical (unpaired) electrons. The predicted octanol–water partition coefficient (Wildman–Crippen LogP) is 3.40. The molecule has 1 heterocycles. The lowest BCUT2D eigenvalue weighted by Crippen LogP contribution is -2.30. The van der Waals surface area contributed by atoms with E-state index in [2.05, 4.69) is 0 Å². The molecule has 0 aromatic heterocycles. The Kier molecular flexibility index (Phi) is 5.26. The fourth-order valence-electron chi connectivity index (χ4n) is 2.88. The average molecular weight is 389 g/mol. The quantitative estimate of drug-likeness (QED) is 0.568. The molecule has 2 aromatic rings. The van der Waals surface area contributed by atoms with Gasteiger partial charge in [0.05, 0.1) is 17.0 Å². The highest BCUT2D eigenvalue weighted by Gasteiger charge is 2.33. The number of hydrogen-bond donors (Lipinski definition) is 0. The number of benzene rings is 2. The first-order chi connectivity index (χ1) is 12.9. The number of carbonyl (C=O) groups excluding carboxylic acids is 1. The Morgan fingerprint density at radius 3 is 2.63 bits per heavy atom. The highest BCUT2D eigenvalue weighted by atomic mass is 32.2. The minimum Gasteiger partial charge on any atom is -0.490 e. The molecular weight excluding hydrogens is 374 g/mol. The summed E-state index contributed by atoms with van der Waals surface area (Å²) in [6, 6.07) is 10.1. The molecule has 1 atom stereocenters. The molecule has 0 spiro atoms. The second-order valence-electron chi connectivity index (χ2n) is 5.72. The van der Waals surface area contributed by atoms with Crippen molar-refractivity contribution in [3.8, 4) is 5.75 Å². The highest BCUT2D eigenvalue weighted by Crippen LogP contribution is 2.41. The van der Waals surface area contributed by atoms with Gasteiger partial charge in [0.15, 0.2) is 5.75 Å². The molecule has 3 rings (SSSR count). The van der Waals surface area contributed by atoms with Gasteiger partial charge in [0.1, 0.15) is 5.37 Å². The maximum atomic E-state index is 12.9. The number of methoxy groups -OCH3 is 1. The summed E-state index contributed by atoms with van der Waals surface area (Å²) in [5.74, 6) is 0.445. The number of ether oxygens (including phenoxy) is 1. The third kappa shape index (κ3) is 3.70. The molecule has 140 valence electrons. The topological polar surface area (TPSA) is 116 Å². The molecule has 0 aliphatic carbocycles. The van der Waals surface area contributed by atoms with Gasteiger partial charge in [0.2, 0.25) is 0 Å². The van der Waals surface area contributed by atoms with Crippen molar-refractivity contribution in [2.45, 2.75) is 5.37 Å². The molecule has 9 nitrogen and oxygen atoms in total. The van der Waals surface area contributed by atoms with Crippen molar-refractivity contribution in [3.63, 3.8) is 0 Å². The maximum absolute atomic E-state index is 12.9. The van der Waals surface area contributed by atoms with Gasteiger partial charge in [0, 0.05) is 36.1 Å². The molecule has 1 aliphatic rings. The standard InChI is InChI=1S/C17H15N3O6S/c1-26-15-6-5-12(10-14(15)20(24)25)17-18(7-8-27-17)16(21)11-3-2-4-13(9-11)19(22)23/h2-6,9-10,17H,7-8H2,1H3. The van der Waals surface area contributed by atoms with Crippen LogP contribution in [0.3, 0.4) is 0 Å². The van der Waals surface area contributed by atoms with Crippen LogP contribution >= 0.6 is 11.8 Å². The summed E-state index contributed by atoms with van der Waals surface area (Å²) < 4.78 is 5.01. The van der Waals surface area contributed by atoms with E-state index in [0.29, 0.717) is 17.9 Å². The first-order valence-electron chi connectivity index (χ1n) is 7.91. The van der Waals surface area contributed by atoms with E-state index < -0.39 is 15.2 Å². The maximum Gasteiger partial charge on any atom is 0.311 e. The molecule has 1 unspecified atom stereocenters. The van der Waals surface area contributed by atoms with Crippen molar-refractivity contribution in [2.75, 3.05) is 19.4 Å². The first kappa shape index (κ1) is 18.6. The van der Waals surface area contributed by atoms with Crippen LogP contribution in [0, 0.1) is 20.2 Å². The molecule has 1 aliphatic heterocycles. The molecule has 0 bridgehead atoms. The third-order valence-electron chi connectivity index (χ3n) is 4.14. The molecule has 27 heavy (non-hydrogen) atoms. The Labute approximate surface area is 158 Å². The Hall–Kier alpha value is -3.14. The Morgan fingerprint density at radius 2 is 1.96 bits per heavy atom. The van der Waals surface area contributed by atoms with Crippen LogP contribution in [0.15, 0.2) is 42.5 Å². The number of amides is 1. The van der Waals surface area contributed by atoms with Gasteiger partial charge < -0.3 is 9.64 Å². The largest absolute Gasteiger partial charge is 0.490 e. The Bertz CT molecular complexity index is 919. The van der Waals surface area contributed by atoms with Gasteiger partial charge in [-0.15, -0.1) is 11.8 Å². The number of non-ortho nitro benzene ring substituents is 1. The van der Waals surface area contributed by atoms with Gasteiger partial charge in [-0.2, -0.15) is 0 Å². The summed E-state index contributed by atoms with van der Waals surface area (Å²) in [5.41, 5.74) is 0.470. The fourth-order valence-corrected chi connectivity index (χ4v) is 4.12. The number of rotatable bonds is 5. The van der Waals surface area contributed by atoms with Crippen LogP contribution in [-0.4, -0.2) is 40.1 Å². The summed E-state index contributed by atoms with van der Waals surface area (Å²) in [7, 11) is 1.35. The van der Waals surface area contributed by atoms with Crippen LogP contribution in [0.5, 0.6) is 5.75 Å². The summed E-state index contributed by atoms with van der Waals surface area (Å²) in [5, 5.41) is 21.8. The molecule has 0 saturated carbocycles. The van der Waals surface area contributed by atoms with Crippen LogP contribution in [-0.2, 0) is 0 Å². The molecular formula is C17H15N3O6S. The van der Waals surface area contributed by atoms with Gasteiger partial charge in [-0.05, 0) is 17.7 Å². The second-order valence-corrected chi connectivity index (χ2v) is 6.91. The van der Waals surface area contributed by atoms with Crippen LogP contribution in [0.2, 0.25) is 0 Å². The number of carbonyl (C=O) groups is 1. The van der Waals surface area contributed by atoms with E-state index in [1.165, 1.54) is 55.3 Å². The molecule has 10 heteroatoms. The summed E-state index contributed by atoms with van der Waals surface area (Å²) >= 11 is 1.48. The zero-order valence-corrected chi connectivity index (χ0v) is 15.0. The average Bonchev–Trinajstić information content (AvgIpc) is 3.16. The van der Waals surface area contributed by atoms with Crippen molar-refractivity contribution < 1.29 is 19.4 Å². The van der Waals surface area contributed by atoms with Crippen molar-refractivity contribution in [1.29, 1.82) is 0 Å². The van der Waals surface area contributed by atoms with E-state index in [9.17, 15) is 25.0 Å².